The lowest BCUT2D eigenvalue weighted by molar-refractivity contribution is -0.208. The smallest absolute Gasteiger partial charge is 0.303 e. The van der Waals surface area contributed by atoms with Gasteiger partial charge in [-0.05, 0) is 91.3 Å². The predicted molar refractivity (Wildman–Crippen MR) is 113 cm³/mol. The van der Waals surface area contributed by atoms with Gasteiger partial charge in [0.2, 0.25) is 0 Å². The minimum absolute atomic E-state index is 0.0577. The number of rotatable bonds is 4. The van der Waals surface area contributed by atoms with Crippen LogP contribution < -0.4 is 5.73 Å². The van der Waals surface area contributed by atoms with Gasteiger partial charge in [0.15, 0.2) is 0 Å². The molecule has 0 aromatic rings. The number of carboxylic acids is 1. The van der Waals surface area contributed by atoms with Crippen LogP contribution in [0.3, 0.4) is 0 Å². The molecule has 4 aliphatic carbocycles. The number of aliphatic carboxylic acids is 1. The van der Waals surface area contributed by atoms with Crippen molar-refractivity contribution >= 4 is 5.97 Å². The quantitative estimate of drug-likeness (QED) is 0.473. The van der Waals surface area contributed by atoms with Crippen molar-refractivity contribution in [3.05, 3.63) is 0 Å². The molecule has 4 saturated carbocycles. The highest BCUT2D eigenvalue weighted by Crippen LogP contribution is 2.68. The molecule has 0 aliphatic heterocycles. The molecule has 6 N–H and O–H groups in total. The number of carboxylic acid groups (broad SMARTS) is 1. The summed E-state index contributed by atoms with van der Waals surface area (Å²) in [5.74, 6) is 0.620. The lowest BCUT2D eigenvalue weighted by atomic mass is 9.42. The molecule has 4 unspecified atom stereocenters. The largest absolute Gasteiger partial charge is 0.481 e. The van der Waals surface area contributed by atoms with Crippen molar-refractivity contribution in [2.75, 3.05) is 0 Å². The van der Waals surface area contributed by atoms with Crippen molar-refractivity contribution in [3.8, 4) is 0 Å². The molecule has 0 aromatic carbocycles. The van der Waals surface area contributed by atoms with Crippen LogP contribution in [-0.2, 0) is 4.79 Å². The molecule has 6 nitrogen and oxygen atoms in total. The van der Waals surface area contributed by atoms with Gasteiger partial charge in [0.1, 0.15) is 0 Å². The maximum atomic E-state index is 11.5. The van der Waals surface area contributed by atoms with Crippen LogP contribution in [-0.4, -0.2) is 50.7 Å². The Morgan fingerprint density at radius 1 is 1.07 bits per heavy atom. The van der Waals surface area contributed by atoms with Crippen LogP contribution in [0, 0.1) is 46.3 Å². The van der Waals surface area contributed by atoms with Crippen molar-refractivity contribution in [1.82, 2.24) is 0 Å². The number of hydrogen-bond donors (Lipinski definition) is 5. The molecule has 30 heavy (non-hydrogen) atoms. The zero-order chi connectivity index (χ0) is 22.0. The lowest BCUT2D eigenvalue weighted by Gasteiger charge is -2.64. The molecule has 0 bridgehead atoms. The summed E-state index contributed by atoms with van der Waals surface area (Å²) in [5, 5.41) is 42.2. The summed E-state index contributed by atoms with van der Waals surface area (Å²) in [7, 11) is 0. The van der Waals surface area contributed by atoms with Gasteiger partial charge in [-0.3, -0.25) is 4.79 Å². The molecule has 0 aromatic heterocycles. The van der Waals surface area contributed by atoms with Crippen LogP contribution in [0.1, 0.15) is 72.1 Å². The molecule has 172 valence electrons. The first-order chi connectivity index (χ1) is 14.0. The minimum Gasteiger partial charge on any atom is -0.481 e. The molecule has 4 rings (SSSR count). The summed E-state index contributed by atoms with van der Waals surface area (Å²) in [6, 6.07) is -0.236. The second-order valence-corrected chi connectivity index (χ2v) is 11.7. The number of hydrogen-bond acceptors (Lipinski definition) is 5. The molecule has 0 heterocycles. The fraction of sp³-hybridized carbons (Fsp3) is 0.958. The Bertz CT molecular complexity index is 672. The third-order valence-electron chi connectivity index (χ3n) is 10.5. The first kappa shape index (κ1) is 22.5. The van der Waals surface area contributed by atoms with E-state index in [0.717, 1.165) is 19.3 Å². The summed E-state index contributed by atoms with van der Waals surface area (Å²) in [5.41, 5.74) is 5.96. The van der Waals surface area contributed by atoms with Crippen molar-refractivity contribution in [1.29, 1.82) is 0 Å². The maximum absolute atomic E-state index is 11.5. The number of carbonyl (C=O) groups is 1. The molecule has 6 heteroatoms. The minimum atomic E-state index is -0.761. The van der Waals surface area contributed by atoms with E-state index in [2.05, 4.69) is 20.8 Å². The highest BCUT2D eigenvalue weighted by atomic mass is 16.4. The molecule has 12 atom stereocenters. The van der Waals surface area contributed by atoms with E-state index in [1.807, 2.05) is 0 Å². The summed E-state index contributed by atoms with van der Waals surface area (Å²) in [6.07, 6.45) is 4.21. The van der Waals surface area contributed by atoms with Gasteiger partial charge in [0, 0.05) is 12.5 Å². The normalized spacial score (nSPS) is 54.0. The number of aliphatic hydroxyl groups is 3. The monoisotopic (exact) mass is 423 g/mol. The lowest BCUT2D eigenvalue weighted by Crippen LogP contribution is -2.64. The first-order valence-electron chi connectivity index (χ1n) is 12.0. The van der Waals surface area contributed by atoms with E-state index in [4.69, 9.17) is 10.8 Å². The number of nitrogens with two attached hydrogens (primary N) is 1. The van der Waals surface area contributed by atoms with E-state index >= 15 is 0 Å². The Morgan fingerprint density at radius 3 is 2.40 bits per heavy atom. The van der Waals surface area contributed by atoms with E-state index in [-0.39, 0.29) is 58.8 Å². The van der Waals surface area contributed by atoms with Gasteiger partial charge in [-0.2, -0.15) is 0 Å². The van der Waals surface area contributed by atoms with Gasteiger partial charge in [-0.1, -0.05) is 20.8 Å². The fourth-order valence-electron chi connectivity index (χ4n) is 8.80. The van der Waals surface area contributed by atoms with Crippen LogP contribution in [0.25, 0.3) is 0 Å². The molecule has 0 saturated heterocycles. The van der Waals surface area contributed by atoms with Crippen molar-refractivity contribution in [2.45, 2.75) is 96.5 Å². The van der Waals surface area contributed by atoms with E-state index in [0.29, 0.717) is 25.7 Å². The molecule has 0 amide bonds. The number of aliphatic hydroxyl groups excluding tert-OH is 3. The SMILES string of the molecule is C[C@H](CCC(=O)O)[C@H]1CCC2C3C(C[C@H](O)[C@@]21C)[C@@]1(C)CC(N)[C@@H](O)C[C@H]1C[C@H]3O. The first-order valence-corrected chi connectivity index (χ1v) is 12.0. The van der Waals surface area contributed by atoms with Crippen LogP contribution in [0.4, 0.5) is 0 Å². The molecular formula is C24H41NO5. The summed E-state index contributed by atoms with van der Waals surface area (Å²) in [6.45, 7) is 6.62. The topological polar surface area (TPSA) is 124 Å². The Hall–Kier alpha value is -0.690. The second kappa shape index (κ2) is 7.72. The summed E-state index contributed by atoms with van der Waals surface area (Å²) < 4.78 is 0. The second-order valence-electron chi connectivity index (χ2n) is 11.7. The molecule has 4 aliphatic rings. The van der Waals surface area contributed by atoms with Crippen LogP contribution >= 0.6 is 0 Å². The van der Waals surface area contributed by atoms with E-state index < -0.39 is 24.3 Å². The third kappa shape index (κ3) is 3.25. The van der Waals surface area contributed by atoms with Crippen LogP contribution in [0.5, 0.6) is 0 Å². The third-order valence-corrected chi connectivity index (χ3v) is 10.5. The van der Waals surface area contributed by atoms with Gasteiger partial charge in [-0.25, -0.2) is 0 Å². The van der Waals surface area contributed by atoms with Crippen molar-refractivity contribution < 1.29 is 25.2 Å². The van der Waals surface area contributed by atoms with Gasteiger partial charge in [0.25, 0.3) is 0 Å². The summed E-state index contributed by atoms with van der Waals surface area (Å²) in [4.78, 5) is 11.1. The average Bonchev–Trinajstić information content (AvgIpc) is 3.02. The van der Waals surface area contributed by atoms with Gasteiger partial charge in [-0.15, -0.1) is 0 Å². The standard InChI is InChI=1S/C24H41NO5/c1-12(4-7-21(29)30)14-5-6-15-22-16(10-20(28)24(14,15)3)23(2)11-17(25)18(26)8-13(23)9-19(22)27/h12-20,22,26-28H,4-11,25H2,1-3H3,(H,29,30)/t12-,13+,14-,15?,16?,17?,18+,19-,20+,22?,23+,24-/m1/s1. The van der Waals surface area contributed by atoms with Crippen molar-refractivity contribution in [2.24, 2.45) is 52.1 Å². The zero-order valence-electron chi connectivity index (χ0n) is 18.7. The number of fused-ring (bicyclic) bond motifs is 5. The Morgan fingerprint density at radius 2 is 1.73 bits per heavy atom. The Labute approximate surface area is 180 Å². The summed E-state index contributed by atoms with van der Waals surface area (Å²) >= 11 is 0. The highest BCUT2D eigenvalue weighted by molar-refractivity contribution is 5.66. The average molecular weight is 424 g/mol. The van der Waals surface area contributed by atoms with Crippen molar-refractivity contribution in [3.63, 3.8) is 0 Å². The zero-order valence-corrected chi connectivity index (χ0v) is 18.7. The van der Waals surface area contributed by atoms with Gasteiger partial charge < -0.3 is 26.2 Å². The predicted octanol–water partition coefficient (Wildman–Crippen LogP) is 2.39. The maximum Gasteiger partial charge on any atom is 0.303 e. The Kier molecular flexibility index (Phi) is 5.79. The van der Waals surface area contributed by atoms with Gasteiger partial charge >= 0.3 is 5.97 Å². The molecule has 0 spiro atoms. The molecule has 0 radical (unpaired) electrons. The Balaban J connectivity index is 1.62. The highest BCUT2D eigenvalue weighted by Gasteiger charge is 2.66. The van der Waals surface area contributed by atoms with E-state index in [1.165, 1.54) is 0 Å². The van der Waals surface area contributed by atoms with Gasteiger partial charge in [0.05, 0.1) is 18.3 Å². The van der Waals surface area contributed by atoms with E-state index in [1.54, 1.807) is 0 Å². The van der Waals surface area contributed by atoms with Crippen LogP contribution in [0.2, 0.25) is 0 Å². The van der Waals surface area contributed by atoms with E-state index in [9.17, 15) is 20.1 Å². The fourth-order valence-corrected chi connectivity index (χ4v) is 8.80. The molecular weight excluding hydrogens is 382 g/mol. The molecule has 4 fully saturated rings. The van der Waals surface area contributed by atoms with Crippen LogP contribution in [0.15, 0.2) is 0 Å².